The zero-order chi connectivity index (χ0) is 11.4. The van der Waals surface area contributed by atoms with E-state index in [9.17, 15) is 9.18 Å². The van der Waals surface area contributed by atoms with Crippen molar-refractivity contribution in [3.8, 4) is 0 Å². The fraction of sp³-hybridized carbons (Fsp3) is 0.300. The summed E-state index contributed by atoms with van der Waals surface area (Å²) in [6, 6.07) is 4.27. The van der Waals surface area contributed by atoms with Crippen LogP contribution in [-0.4, -0.2) is 18.5 Å². The Hall–Kier alpha value is -0.400. The average Bonchev–Trinajstić information content (AvgIpc) is 2.21. The van der Waals surface area contributed by atoms with E-state index < -0.39 is 0 Å². The summed E-state index contributed by atoms with van der Waals surface area (Å²) < 4.78 is 13.6. The minimum Gasteiger partial charge on any atom is -0.348 e. The first-order valence-corrected chi connectivity index (χ1v) is 5.58. The molecule has 0 bridgehead atoms. The topological polar surface area (TPSA) is 55.1 Å². The summed E-state index contributed by atoms with van der Waals surface area (Å²) in [7, 11) is 0. The highest BCUT2D eigenvalue weighted by molar-refractivity contribution is 14.1. The van der Waals surface area contributed by atoms with Gasteiger partial charge in [0.05, 0.1) is 0 Å². The van der Waals surface area contributed by atoms with Gasteiger partial charge in [-0.25, -0.2) is 4.39 Å². The van der Waals surface area contributed by atoms with Crippen molar-refractivity contribution in [3.63, 3.8) is 0 Å². The second kappa shape index (κ2) is 7.03. The lowest BCUT2D eigenvalue weighted by atomic mass is 10.2. The van der Waals surface area contributed by atoms with E-state index >= 15 is 0 Å². The molecule has 0 aliphatic heterocycles. The molecule has 0 spiro atoms. The third-order valence-corrected chi connectivity index (χ3v) is 2.79. The first-order valence-electron chi connectivity index (χ1n) is 4.50. The Balaban J connectivity index is 0.00000225. The van der Waals surface area contributed by atoms with Crippen molar-refractivity contribution in [1.82, 2.24) is 5.32 Å². The minimum absolute atomic E-state index is 0. The molecular formula is C10H13ClFIN2O. The molecule has 0 saturated heterocycles. The van der Waals surface area contributed by atoms with Crippen LogP contribution < -0.4 is 11.1 Å². The lowest BCUT2D eigenvalue weighted by Gasteiger charge is -2.11. The summed E-state index contributed by atoms with van der Waals surface area (Å²) in [5.74, 6) is -0.688. The van der Waals surface area contributed by atoms with Crippen LogP contribution >= 0.6 is 35.0 Å². The molecule has 6 heteroatoms. The zero-order valence-electron chi connectivity index (χ0n) is 8.67. The number of hydrogen-bond donors (Lipinski definition) is 2. The lowest BCUT2D eigenvalue weighted by molar-refractivity contribution is 0.0941. The van der Waals surface area contributed by atoms with Gasteiger partial charge in [0, 0.05) is 21.7 Å². The van der Waals surface area contributed by atoms with Gasteiger partial charge in [-0.15, -0.1) is 12.4 Å². The maximum atomic E-state index is 13.1. The van der Waals surface area contributed by atoms with E-state index in [0.29, 0.717) is 15.7 Å². The summed E-state index contributed by atoms with van der Waals surface area (Å²) >= 11 is 1.87. The van der Waals surface area contributed by atoms with Crippen LogP contribution in [0.15, 0.2) is 18.2 Å². The first kappa shape index (κ1) is 15.6. The highest BCUT2D eigenvalue weighted by Gasteiger charge is 2.10. The van der Waals surface area contributed by atoms with Crippen LogP contribution in [0.3, 0.4) is 0 Å². The summed E-state index contributed by atoms with van der Waals surface area (Å²) in [6.07, 6.45) is 0. The Bertz CT molecular complexity index is 376. The van der Waals surface area contributed by atoms with Gasteiger partial charge in [-0.05, 0) is 47.7 Å². The van der Waals surface area contributed by atoms with E-state index in [-0.39, 0.29) is 30.2 Å². The summed E-state index contributed by atoms with van der Waals surface area (Å²) in [4.78, 5) is 11.5. The van der Waals surface area contributed by atoms with Crippen LogP contribution in [0.2, 0.25) is 0 Å². The van der Waals surface area contributed by atoms with E-state index in [0.717, 1.165) is 0 Å². The molecule has 90 valence electrons. The fourth-order valence-electron chi connectivity index (χ4n) is 1.00. The van der Waals surface area contributed by atoms with E-state index in [4.69, 9.17) is 5.73 Å². The van der Waals surface area contributed by atoms with Gasteiger partial charge in [-0.1, -0.05) is 0 Å². The van der Waals surface area contributed by atoms with Crippen molar-refractivity contribution in [2.45, 2.75) is 13.0 Å². The van der Waals surface area contributed by atoms with Gasteiger partial charge in [0.25, 0.3) is 5.91 Å². The Kier molecular flexibility index (Phi) is 6.85. The Morgan fingerprint density at radius 1 is 1.62 bits per heavy atom. The monoisotopic (exact) mass is 358 g/mol. The normalized spacial score (nSPS) is 11.5. The number of carbonyl (C=O) groups is 1. The standard InChI is InChI=1S/C10H12FIN2O.ClH/c1-6(5-13)14-10(15)7-2-3-9(12)8(11)4-7;/h2-4,6H,5,13H2,1H3,(H,14,15);1H/t6-;/m0./s1. The van der Waals surface area contributed by atoms with Gasteiger partial charge in [0.15, 0.2) is 0 Å². The smallest absolute Gasteiger partial charge is 0.251 e. The van der Waals surface area contributed by atoms with E-state index in [1.807, 2.05) is 22.6 Å². The molecule has 16 heavy (non-hydrogen) atoms. The second-order valence-corrected chi connectivity index (χ2v) is 4.40. The molecule has 1 aromatic carbocycles. The molecule has 0 heterocycles. The summed E-state index contributed by atoms with van der Waals surface area (Å²) in [5.41, 5.74) is 5.68. The van der Waals surface area contributed by atoms with Crippen molar-refractivity contribution >= 4 is 40.9 Å². The molecule has 0 fully saturated rings. The number of hydrogen-bond acceptors (Lipinski definition) is 2. The molecule has 0 radical (unpaired) electrons. The molecule has 0 aromatic heterocycles. The third-order valence-electron chi connectivity index (χ3n) is 1.91. The quantitative estimate of drug-likeness (QED) is 0.811. The molecule has 1 atom stereocenters. The molecule has 1 rings (SSSR count). The Labute approximate surface area is 114 Å². The molecule has 1 amide bonds. The summed E-state index contributed by atoms with van der Waals surface area (Å²) in [5, 5.41) is 2.66. The van der Waals surface area contributed by atoms with Crippen molar-refractivity contribution in [2.24, 2.45) is 5.73 Å². The lowest BCUT2D eigenvalue weighted by Crippen LogP contribution is -2.37. The van der Waals surface area contributed by atoms with Crippen LogP contribution in [0.4, 0.5) is 4.39 Å². The maximum Gasteiger partial charge on any atom is 0.251 e. The van der Waals surface area contributed by atoms with Gasteiger partial charge in [-0.3, -0.25) is 4.79 Å². The first-order chi connectivity index (χ1) is 7.04. The molecule has 1 aromatic rings. The van der Waals surface area contributed by atoms with E-state index in [1.54, 1.807) is 19.1 Å². The Morgan fingerprint density at radius 3 is 2.75 bits per heavy atom. The predicted molar refractivity (Wildman–Crippen MR) is 72.3 cm³/mol. The largest absolute Gasteiger partial charge is 0.348 e. The van der Waals surface area contributed by atoms with Gasteiger partial charge < -0.3 is 11.1 Å². The molecule has 0 unspecified atom stereocenters. The third kappa shape index (κ3) is 4.23. The number of amides is 1. The number of nitrogens with one attached hydrogen (secondary N) is 1. The number of nitrogens with two attached hydrogens (primary N) is 1. The molecule has 0 saturated carbocycles. The van der Waals surface area contributed by atoms with Gasteiger partial charge in [-0.2, -0.15) is 0 Å². The maximum absolute atomic E-state index is 13.1. The molecular weight excluding hydrogens is 345 g/mol. The van der Waals surface area contributed by atoms with Crippen molar-refractivity contribution in [2.75, 3.05) is 6.54 Å². The van der Waals surface area contributed by atoms with Crippen molar-refractivity contribution in [3.05, 3.63) is 33.1 Å². The highest BCUT2D eigenvalue weighted by atomic mass is 127. The average molecular weight is 359 g/mol. The van der Waals surface area contributed by atoms with Gasteiger partial charge >= 0.3 is 0 Å². The number of rotatable bonds is 3. The zero-order valence-corrected chi connectivity index (χ0v) is 11.6. The van der Waals surface area contributed by atoms with E-state index in [1.165, 1.54) is 6.07 Å². The summed E-state index contributed by atoms with van der Waals surface area (Å²) in [6.45, 7) is 2.15. The van der Waals surface area contributed by atoms with Crippen LogP contribution in [0.5, 0.6) is 0 Å². The van der Waals surface area contributed by atoms with Crippen LogP contribution in [0, 0.1) is 9.39 Å². The Morgan fingerprint density at radius 2 is 2.25 bits per heavy atom. The van der Waals surface area contributed by atoms with Crippen LogP contribution in [-0.2, 0) is 0 Å². The van der Waals surface area contributed by atoms with Crippen molar-refractivity contribution < 1.29 is 9.18 Å². The molecule has 0 aliphatic carbocycles. The van der Waals surface area contributed by atoms with Gasteiger partial charge in [0.2, 0.25) is 0 Å². The number of halogens is 3. The minimum atomic E-state index is -0.386. The predicted octanol–water partition coefficient (Wildman–Crippen LogP) is 1.93. The SMILES string of the molecule is C[C@@H](CN)NC(=O)c1ccc(I)c(F)c1.Cl. The number of benzene rings is 1. The van der Waals surface area contributed by atoms with Crippen LogP contribution in [0.1, 0.15) is 17.3 Å². The van der Waals surface area contributed by atoms with Gasteiger partial charge in [0.1, 0.15) is 5.82 Å². The van der Waals surface area contributed by atoms with E-state index in [2.05, 4.69) is 5.32 Å². The second-order valence-electron chi connectivity index (χ2n) is 3.24. The van der Waals surface area contributed by atoms with Crippen LogP contribution in [0.25, 0.3) is 0 Å². The highest BCUT2D eigenvalue weighted by Crippen LogP contribution is 2.12. The number of carbonyl (C=O) groups excluding carboxylic acids is 1. The molecule has 0 aliphatic rings. The fourth-order valence-corrected chi connectivity index (χ4v) is 1.34. The van der Waals surface area contributed by atoms with Crippen molar-refractivity contribution in [1.29, 1.82) is 0 Å². The molecule has 3 nitrogen and oxygen atoms in total. The molecule has 3 N–H and O–H groups in total.